The van der Waals surface area contributed by atoms with Crippen molar-refractivity contribution < 1.29 is 21.6 Å². The van der Waals surface area contributed by atoms with E-state index in [-0.39, 0.29) is 30.1 Å². The van der Waals surface area contributed by atoms with Gasteiger partial charge in [-0.3, -0.25) is 9.52 Å². The van der Waals surface area contributed by atoms with Gasteiger partial charge in [0.25, 0.3) is 0 Å². The zero-order valence-electron chi connectivity index (χ0n) is 11.6. The van der Waals surface area contributed by atoms with Gasteiger partial charge in [0.15, 0.2) is 5.78 Å². The van der Waals surface area contributed by atoms with E-state index in [0.29, 0.717) is 11.3 Å². The Hall–Kier alpha value is -1.41. The first-order chi connectivity index (χ1) is 9.70. The minimum absolute atomic E-state index is 0.0954. The summed E-state index contributed by atoms with van der Waals surface area (Å²) in [5.41, 5.74) is 0.870. The van der Waals surface area contributed by atoms with Crippen LogP contribution in [0, 0.1) is 0 Å². The quantitative estimate of drug-likeness (QED) is 0.836. The standard InChI is InChI=1S/C13H17NO5S2/c1-10(15)11-2-4-12(5-3-11)14-21(18,19)13-6-8-20(16,17)9-7-13/h2-5,13-14H,6-9H2,1H3. The third kappa shape index (κ3) is 4.04. The average molecular weight is 331 g/mol. The molecule has 0 unspecified atom stereocenters. The Balaban J connectivity index is 2.09. The van der Waals surface area contributed by atoms with Gasteiger partial charge in [0.05, 0.1) is 16.8 Å². The second-order valence-corrected chi connectivity index (χ2v) is 9.40. The molecule has 0 radical (unpaired) electrons. The molecule has 1 saturated heterocycles. The summed E-state index contributed by atoms with van der Waals surface area (Å²) in [6.45, 7) is 1.43. The Morgan fingerprint density at radius 2 is 1.67 bits per heavy atom. The molecular weight excluding hydrogens is 314 g/mol. The summed E-state index contributed by atoms with van der Waals surface area (Å²) in [5.74, 6) is -0.286. The van der Waals surface area contributed by atoms with Crippen LogP contribution in [0.1, 0.15) is 30.1 Å². The first-order valence-corrected chi connectivity index (χ1v) is 9.89. The van der Waals surface area contributed by atoms with E-state index in [1.54, 1.807) is 12.1 Å². The normalized spacial score (nSPS) is 19.1. The molecule has 1 aromatic rings. The molecule has 2 rings (SSSR count). The van der Waals surface area contributed by atoms with Gasteiger partial charge in [0.2, 0.25) is 10.0 Å². The van der Waals surface area contributed by atoms with Gasteiger partial charge in [-0.2, -0.15) is 0 Å². The molecule has 0 aliphatic carbocycles. The van der Waals surface area contributed by atoms with Crippen molar-refractivity contribution in [3.8, 4) is 0 Å². The monoisotopic (exact) mass is 331 g/mol. The predicted molar refractivity (Wildman–Crippen MR) is 80.7 cm³/mol. The largest absolute Gasteiger partial charge is 0.295 e. The summed E-state index contributed by atoms with van der Waals surface area (Å²) >= 11 is 0. The number of rotatable bonds is 4. The lowest BCUT2D eigenvalue weighted by Gasteiger charge is -2.22. The number of hydrogen-bond donors (Lipinski definition) is 1. The molecule has 0 aromatic heterocycles. The molecule has 8 heteroatoms. The van der Waals surface area contributed by atoms with Crippen molar-refractivity contribution in [2.75, 3.05) is 16.2 Å². The number of ketones is 1. The van der Waals surface area contributed by atoms with Crippen LogP contribution in [0.2, 0.25) is 0 Å². The van der Waals surface area contributed by atoms with Crippen LogP contribution in [0.3, 0.4) is 0 Å². The molecule has 1 heterocycles. The second-order valence-electron chi connectivity index (χ2n) is 5.13. The first kappa shape index (κ1) is 16.0. The summed E-state index contributed by atoms with van der Waals surface area (Å²) in [6.07, 6.45) is 0.229. The molecule has 116 valence electrons. The second kappa shape index (κ2) is 5.76. The van der Waals surface area contributed by atoms with Crippen molar-refractivity contribution in [1.82, 2.24) is 0 Å². The van der Waals surface area contributed by atoms with E-state index < -0.39 is 25.1 Å². The maximum absolute atomic E-state index is 12.2. The molecule has 1 aromatic carbocycles. The van der Waals surface area contributed by atoms with Gasteiger partial charge in [-0.15, -0.1) is 0 Å². The highest BCUT2D eigenvalue weighted by molar-refractivity contribution is 7.94. The third-order valence-electron chi connectivity index (χ3n) is 3.49. The highest BCUT2D eigenvalue weighted by Crippen LogP contribution is 2.22. The van der Waals surface area contributed by atoms with E-state index in [1.807, 2.05) is 0 Å². The van der Waals surface area contributed by atoms with Crippen molar-refractivity contribution in [3.63, 3.8) is 0 Å². The molecule has 0 saturated carbocycles. The molecule has 0 amide bonds. The SMILES string of the molecule is CC(=O)c1ccc(NS(=O)(=O)C2CCS(=O)(=O)CC2)cc1. The van der Waals surface area contributed by atoms with Crippen molar-refractivity contribution in [3.05, 3.63) is 29.8 Å². The number of carbonyl (C=O) groups excluding carboxylic acids is 1. The van der Waals surface area contributed by atoms with Gasteiger partial charge in [-0.05, 0) is 44.0 Å². The Morgan fingerprint density at radius 1 is 1.14 bits per heavy atom. The number of benzene rings is 1. The minimum atomic E-state index is -3.62. The Labute approximate surface area is 124 Å². The lowest BCUT2D eigenvalue weighted by Crippen LogP contribution is -2.36. The number of nitrogens with one attached hydrogen (secondary N) is 1. The molecule has 0 atom stereocenters. The van der Waals surface area contributed by atoms with Crippen LogP contribution in [0.25, 0.3) is 0 Å². The number of hydrogen-bond acceptors (Lipinski definition) is 5. The summed E-state index contributed by atoms with van der Waals surface area (Å²) < 4.78 is 49.5. The van der Waals surface area contributed by atoms with Crippen LogP contribution in [0.5, 0.6) is 0 Å². The van der Waals surface area contributed by atoms with E-state index in [9.17, 15) is 21.6 Å². The fraction of sp³-hybridized carbons (Fsp3) is 0.462. The lowest BCUT2D eigenvalue weighted by molar-refractivity contribution is 0.101. The fourth-order valence-electron chi connectivity index (χ4n) is 2.20. The number of carbonyl (C=O) groups is 1. The topological polar surface area (TPSA) is 97.4 Å². The molecule has 6 nitrogen and oxygen atoms in total. The van der Waals surface area contributed by atoms with E-state index in [1.165, 1.54) is 19.1 Å². The molecule has 21 heavy (non-hydrogen) atoms. The smallest absolute Gasteiger partial charge is 0.235 e. The van der Waals surface area contributed by atoms with Crippen molar-refractivity contribution >= 4 is 31.3 Å². The van der Waals surface area contributed by atoms with Gasteiger partial charge < -0.3 is 0 Å². The molecular formula is C13H17NO5S2. The first-order valence-electron chi connectivity index (χ1n) is 6.53. The van der Waals surface area contributed by atoms with Gasteiger partial charge >= 0.3 is 0 Å². The molecule has 0 spiro atoms. The van der Waals surface area contributed by atoms with Crippen LogP contribution < -0.4 is 4.72 Å². The Bertz CT molecular complexity index is 721. The van der Waals surface area contributed by atoms with E-state index >= 15 is 0 Å². The van der Waals surface area contributed by atoms with Gasteiger partial charge in [-0.1, -0.05) is 0 Å². The maximum atomic E-state index is 12.2. The summed E-state index contributed by atoms with van der Waals surface area (Å²) in [4.78, 5) is 11.2. The molecule has 1 fully saturated rings. The zero-order chi connectivity index (χ0) is 15.7. The molecule has 1 aliphatic rings. The van der Waals surface area contributed by atoms with E-state index in [2.05, 4.69) is 4.72 Å². The van der Waals surface area contributed by atoms with Crippen molar-refractivity contribution in [2.24, 2.45) is 0 Å². The summed E-state index contributed by atoms with van der Waals surface area (Å²) in [5, 5.41) is -0.700. The summed E-state index contributed by atoms with van der Waals surface area (Å²) in [7, 11) is -6.71. The van der Waals surface area contributed by atoms with Crippen LogP contribution in [-0.2, 0) is 19.9 Å². The maximum Gasteiger partial charge on any atom is 0.235 e. The van der Waals surface area contributed by atoms with Crippen LogP contribution in [-0.4, -0.2) is 39.4 Å². The Morgan fingerprint density at radius 3 is 2.14 bits per heavy atom. The highest BCUT2D eigenvalue weighted by atomic mass is 32.2. The van der Waals surface area contributed by atoms with Crippen LogP contribution >= 0.6 is 0 Å². The average Bonchev–Trinajstić information content (AvgIpc) is 2.38. The van der Waals surface area contributed by atoms with Crippen molar-refractivity contribution in [2.45, 2.75) is 25.0 Å². The van der Waals surface area contributed by atoms with Crippen LogP contribution in [0.4, 0.5) is 5.69 Å². The summed E-state index contributed by atoms with van der Waals surface area (Å²) in [6, 6.07) is 6.14. The number of sulfonamides is 1. The minimum Gasteiger partial charge on any atom is -0.295 e. The predicted octanol–water partition coefficient (Wildman–Crippen LogP) is 1.21. The number of Topliss-reactive ketones (excluding diaryl/α,β-unsaturated/α-hetero) is 1. The van der Waals surface area contributed by atoms with Gasteiger partial charge in [0.1, 0.15) is 9.84 Å². The molecule has 1 aliphatic heterocycles. The van der Waals surface area contributed by atoms with E-state index in [0.717, 1.165) is 0 Å². The van der Waals surface area contributed by atoms with E-state index in [4.69, 9.17) is 0 Å². The highest BCUT2D eigenvalue weighted by Gasteiger charge is 2.32. The molecule has 1 N–H and O–H groups in total. The zero-order valence-corrected chi connectivity index (χ0v) is 13.2. The van der Waals surface area contributed by atoms with Crippen LogP contribution in [0.15, 0.2) is 24.3 Å². The lowest BCUT2D eigenvalue weighted by atomic mass is 10.1. The number of sulfone groups is 1. The number of anilines is 1. The van der Waals surface area contributed by atoms with Gasteiger partial charge in [0, 0.05) is 11.3 Å². The van der Waals surface area contributed by atoms with Gasteiger partial charge in [-0.25, -0.2) is 16.8 Å². The Kier molecular flexibility index (Phi) is 4.38. The van der Waals surface area contributed by atoms with Crippen molar-refractivity contribution in [1.29, 1.82) is 0 Å². The third-order valence-corrected chi connectivity index (χ3v) is 7.08. The molecule has 0 bridgehead atoms. The fourth-order valence-corrected chi connectivity index (χ4v) is 5.48.